The number of hydrogen-bond acceptors (Lipinski definition) is 5. The lowest BCUT2D eigenvalue weighted by Crippen LogP contribution is -2.40. The lowest BCUT2D eigenvalue weighted by Gasteiger charge is -2.29. The largest absolute Gasteiger partial charge is 0.565 e. The van der Waals surface area contributed by atoms with E-state index in [1.807, 2.05) is 31.7 Å². The predicted octanol–water partition coefficient (Wildman–Crippen LogP) is 2.05. The number of amidine groups is 2. The number of piperidine rings is 1. The van der Waals surface area contributed by atoms with Gasteiger partial charge in [-0.15, -0.1) is 4.99 Å². The molecule has 0 bridgehead atoms. The summed E-state index contributed by atoms with van der Waals surface area (Å²) < 4.78 is 5.88. The molecule has 1 aliphatic heterocycles. The minimum Gasteiger partial charge on any atom is -0.565 e. The van der Waals surface area contributed by atoms with Crippen molar-refractivity contribution in [3.05, 3.63) is 29.3 Å². The molecule has 34 heavy (non-hydrogen) atoms. The zero-order valence-electron chi connectivity index (χ0n) is 20.6. The van der Waals surface area contributed by atoms with Crippen LogP contribution in [0.4, 0.5) is 0 Å². The SMILES string of the molecule is Cc1cc(OCCCC2CCN(C([OH2+])=NC(=N)CC(C)C)CC2)ccc1C(=O)NC(CO)CO. The summed E-state index contributed by atoms with van der Waals surface area (Å²) in [6.07, 6.45) is 4.62. The number of aliphatic hydroxyl groups is 2. The second kappa shape index (κ2) is 13.9. The Kier molecular flexibility index (Phi) is 11.3. The maximum Gasteiger partial charge on any atom is 0.444 e. The van der Waals surface area contributed by atoms with Gasteiger partial charge in [-0.2, -0.15) is 0 Å². The standard InChI is InChI=1S/C25H40N4O5/c1-17(2)13-23(26)28-25(33)29-10-8-19(9-11-29)5-4-12-34-21-6-7-22(18(3)14-21)24(32)27-20(15-30)16-31/h6-7,14,17,19-20,30-31H,4-5,8-13,15-16H2,1-3H3,(H,27,32)(H2,26,28,33)/p+1. The molecule has 0 spiro atoms. The molecule has 0 aromatic heterocycles. The van der Waals surface area contributed by atoms with Crippen LogP contribution in [0.2, 0.25) is 0 Å². The minimum atomic E-state index is -0.673. The van der Waals surface area contributed by atoms with E-state index in [4.69, 9.17) is 25.5 Å². The monoisotopic (exact) mass is 477 g/mol. The van der Waals surface area contributed by atoms with Gasteiger partial charge in [0.1, 0.15) is 11.6 Å². The molecule has 1 heterocycles. The van der Waals surface area contributed by atoms with Crippen LogP contribution in [0.25, 0.3) is 0 Å². The number of carbonyl (C=O) groups is 1. The van der Waals surface area contributed by atoms with Gasteiger partial charge in [-0.1, -0.05) is 13.8 Å². The van der Waals surface area contributed by atoms with Crippen LogP contribution in [0.3, 0.4) is 0 Å². The first-order valence-corrected chi connectivity index (χ1v) is 12.1. The molecule has 1 aliphatic rings. The van der Waals surface area contributed by atoms with Gasteiger partial charge < -0.3 is 25.4 Å². The zero-order chi connectivity index (χ0) is 25.1. The third-order valence-corrected chi connectivity index (χ3v) is 6.00. The molecule has 9 heteroatoms. The first-order valence-electron chi connectivity index (χ1n) is 12.1. The molecule has 9 nitrogen and oxygen atoms in total. The van der Waals surface area contributed by atoms with E-state index in [2.05, 4.69) is 10.3 Å². The van der Waals surface area contributed by atoms with E-state index in [0.29, 0.717) is 36.2 Å². The number of ether oxygens (including phenoxy) is 1. The highest BCUT2D eigenvalue weighted by molar-refractivity contribution is 5.96. The summed E-state index contributed by atoms with van der Waals surface area (Å²) >= 11 is 0. The third-order valence-electron chi connectivity index (χ3n) is 6.00. The number of nitrogens with one attached hydrogen (secondary N) is 2. The Morgan fingerprint density at radius 1 is 1.29 bits per heavy atom. The number of hydrogen-bond donors (Lipinski definition) is 4. The summed E-state index contributed by atoms with van der Waals surface area (Å²) in [5, 5.41) is 36.9. The van der Waals surface area contributed by atoms with Gasteiger partial charge in [-0.05, 0) is 68.2 Å². The van der Waals surface area contributed by atoms with E-state index < -0.39 is 6.04 Å². The van der Waals surface area contributed by atoms with Gasteiger partial charge >= 0.3 is 6.02 Å². The van der Waals surface area contributed by atoms with Gasteiger partial charge in [-0.25, -0.2) is 0 Å². The molecule has 0 atom stereocenters. The van der Waals surface area contributed by atoms with Crippen LogP contribution in [0.1, 0.15) is 61.9 Å². The van der Waals surface area contributed by atoms with Crippen molar-refractivity contribution in [2.45, 2.75) is 58.9 Å². The molecule has 1 saturated heterocycles. The van der Waals surface area contributed by atoms with Gasteiger partial charge in [0, 0.05) is 25.1 Å². The molecule has 1 aromatic rings. The Balaban J connectivity index is 1.71. The zero-order valence-corrected chi connectivity index (χ0v) is 20.6. The van der Waals surface area contributed by atoms with Gasteiger partial charge in [0.25, 0.3) is 5.91 Å². The van der Waals surface area contributed by atoms with Crippen LogP contribution in [0, 0.1) is 24.2 Å². The Bertz CT molecular complexity index is 831. The van der Waals surface area contributed by atoms with Crippen LogP contribution in [0.5, 0.6) is 5.75 Å². The quantitative estimate of drug-likeness (QED) is 0.167. The molecule has 6 N–H and O–H groups in total. The van der Waals surface area contributed by atoms with Crippen molar-refractivity contribution in [1.29, 1.82) is 5.41 Å². The van der Waals surface area contributed by atoms with E-state index in [1.54, 1.807) is 12.1 Å². The van der Waals surface area contributed by atoms with Gasteiger partial charge in [0.05, 0.1) is 25.9 Å². The molecule has 0 unspecified atom stereocenters. The van der Waals surface area contributed by atoms with Crippen molar-refractivity contribution in [3.8, 4) is 5.75 Å². The van der Waals surface area contributed by atoms with Gasteiger partial charge in [0.15, 0.2) is 0 Å². The number of nitrogens with zero attached hydrogens (tertiary/aromatic N) is 2. The highest BCUT2D eigenvalue weighted by atomic mass is 16.5. The average Bonchev–Trinajstić information content (AvgIpc) is 2.80. The highest BCUT2D eigenvalue weighted by Crippen LogP contribution is 2.23. The second-order valence-electron chi connectivity index (χ2n) is 9.41. The van der Waals surface area contributed by atoms with Crippen molar-refractivity contribution in [2.75, 3.05) is 32.9 Å². The fourth-order valence-electron chi connectivity index (χ4n) is 4.02. The van der Waals surface area contributed by atoms with E-state index >= 15 is 0 Å². The number of benzene rings is 1. The van der Waals surface area contributed by atoms with E-state index in [9.17, 15) is 4.79 Å². The summed E-state index contributed by atoms with van der Waals surface area (Å²) in [5.74, 6) is 1.63. The number of rotatable bonds is 11. The average molecular weight is 478 g/mol. The Hall–Kier alpha value is -2.65. The normalized spacial score (nSPS) is 15.1. The molecule has 1 amide bonds. The lowest BCUT2D eigenvalue weighted by molar-refractivity contribution is 0.0878. The number of likely N-dealkylation sites (tertiary alicyclic amines) is 1. The summed E-state index contributed by atoms with van der Waals surface area (Å²) in [7, 11) is 0. The highest BCUT2D eigenvalue weighted by Gasteiger charge is 2.24. The fourth-order valence-corrected chi connectivity index (χ4v) is 4.02. The molecule has 0 aliphatic carbocycles. The molecular formula is C25H41N4O5+. The van der Waals surface area contributed by atoms with Crippen LogP contribution < -0.4 is 10.1 Å². The van der Waals surface area contributed by atoms with Crippen LogP contribution in [-0.4, -0.2) is 76.9 Å². The van der Waals surface area contributed by atoms with Crippen LogP contribution >= 0.6 is 0 Å². The maximum absolute atomic E-state index is 12.3. The summed E-state index contributed by atoms with van der Waals surface area (Å²) in [6.45, 7) is 7.50. The van der Waals surface area contributed by atoms with E-state index in [-0.39, 0.29) is 31.0 Å². The number of aliphatic hydroxyl groups excluding tert-OH is 2. The number of amides is 1. The first-order chi connectivity index (χ1) is 16.2. The summed E-state index contributed by atoms with van der Waals surface area (Å²) in [5.41, 5.74) is 1.26. The third kappa shape index (κ3) is 8.95. The topological polar surface area (TPSA) is 141 Å². The first kappa shape index (κ1) is 27.6. The molecule has 2 rings (SSSR count). The fraction of sp³-hybridized carbons (Fsp3) is 0.640. The van der Waals surface area contributed by atoms with E-state index in [0.717, 1.165) is 44.3 Å². The molecule has 1 aromatic carbocycles. The Morgan fingerprint density at radius 2 is 1.97 bits per heavy atom. The van der Waals surface area contributed by atoms with Gasteiger partial charge in [0.2, 0.25) is 0 Å². The predicted molar refractivity (Wildman–Crippen MR) is 134 cm³/mol. The lowest BCUT2D eigenvalue weighted by atomic mass is 9.92. The van der Waals surface area contributed by atoms with E-state index in [1.165, 1.54) is 0 Å². The van der Waals surface area contributed by atoms with Crippen LogP contribution in [-0.2, 0) is 0 Å². The van der Waals surface area contributed by atoms with Crippen molar-refractivity contribution in [2.24, 2.45) is 16.8 Å². The van der Waals surface area contributed by atoms with Crippen molar-refractivity contribution < 1.29 is 24.9 Å². The van der Waals surface area contributed by atoms with Crippen molar-refractivity contribution >= 4 is 17.8 Å². The number of aliphatic imine (C=N–C) groups is 1. The Labute approximate surface area is 202 Å². The Morgan fingerprint density at radius 3 is 2.56 bits per heavy atom. The number of carbonyl (C=O) groups excluding carboxylic acids is 1. The molecular weight excluding hydrogens is 436 g/mol. The number of aryl methyl sites for hydroxylation is 1. The summed E-state index contributed by atoms with van der Waals surface area (Å²) in [4.78, 5) is 18.4. The minimum absolute atomic E-state index is 0.211. The van der Waals surface area contributed by atoms with Crippen molar-refractivity contribution in [3.63, 3.8) is 0 Å². The molecule has 0 radical (unpaired) electrons. The molecule has 1 fully saturated rings. The smallest absolute Gasteiger partial charge is 0.444 e. The molecule has 190 valence electrons. The summed E-state index contributed by atoms with van der Waals surface area (Å²) in [6, 6.07) is 4.82. The second-order valence-corrected chi connectivity index (χ2v) is 9.41. The van der Waals surface area contributed by atoms with Crippen LogP contribution in [0.15, 0.2) is 23.2 Å². The maximum atomic E-state index is 12.3. The van der Waals surface area contributed by atoms with Gasteiger partial charge in [-0.3, -0.25) is 15.1 Å². The van der Waals surface area contributed by atoms with Crippen molar-refractivity contribution in [1.82, 2.24) is 10.2 Å². The molecule has 0 saturated carbocycles.